The lowest BCUT2D eigenvalue weighted by Gasteiger charge is -2.08. The van der Waals surface area contributed by atoms with Crippen molar-refractivity contribution in [1.29, 1.82) is 0 Å². The summed E-state index contributed by atoms with van der Waals surface area (Å²) in [7, 11) is 0. The first-order valence-electron chi connectivity index (χ1n) is 6.84. The minimum Gasteiger partial charge on any atom is -0.315 e. The number of nitrogens with zero attached hydrogens (tertiary/aromatic N) is 5. The van der Waals surface area contributed by atoms with E-state index in [1.54, 1.807) is 10.9 Å². The molecule has 0 aliphatic rings. The summed E-state index contributed by atoms with van der Waals surface area (Å²) in [4.78, 5) is 3.83. The fourth-order valence-electron chi connectivity index (χ4n) is 1.70. The van der Waals surface area contributed by atoms with Crippen LogP contribution in [0.25, 0.3) is 0 Å². The average Bonchev–Trinajstić information content (AvgIpc) is 2.89. The van der Waals surface area contributed by atoms with Gasteiger partial charge in [-0.3, -0.25) is 4.98 Å². The normalized spacial score (nSPS) is 11.2. The molecule has 0 amide bonds. The maximum Gasteiger partial charge on any atom is 0.209 e. The number of tetrazole rings is 1. The van der Waals surface area contributed by atoms with Crippen LogP contribution >= 0.6 is 11.8 Å². The zero-order valence-electron chi connectivity index (χ0n) is 12.2. The Morgan fingerprint density at radius 3 is 3.00 bits per heavy atom. The first-order chi connectivity index (χ1) is 10.1. The molecule has 114 valence electrons. The van der Waals surface area contributed by atoms with Crippen molar-refractivity contribution in [1.82, 2.24) is 30.5 Å². The SMILES string of the molecule is CC(C)CNCCn1nnnc1SCc1cncc(F)c1. The van der Waals surface area contributed by atoms with E-state index in [-0.39, 0.29) is 5.82 Å². The number of aromatic nitrogens is 5. The van der Waals surface area contributed by atoms with Gasteiger partial charge in [-0.25, -0.2) is 9.07 Å². The van der Waals surface area contributed by atoms with Crippen LogP contribution < -0.4 is 5.32 Å². The summed E-state index contributed by atoms with van der Waals surface area (Å²) in [5, 5.41) is 15.7. The van der Waals surface area contributed by atoms with Gasteiger partial charge in [-0.2, -0.15) is 0 Å². The molecule has 21 heavy (non-hydrogen) atoms. The van der Waals surface area contributed by atoms with Gasteiger partial charge in [0, 0.05) is 18.5 Å². The molecule has 1 N–H and O–H groups in total. The molecule has 0 saturated carbocycles. The van der Waals surface area contributed by atoms with Crippen LogP contribution in [0.3, 0.4) is 0 Å². The third-order valence-electron chi connectivity index (χ3n) is 2.68. The molecule has 8 heteroatoms. The molecule has 2 heterocycles. The van der Waals surface area contributed by atoms with Gasteiger partial charge in [0.25, 0.3) is 0 Å². The van der Waals surface area contributed by atoms with Crippen molar-refractivity contribution < 1.29 is 4.39 Å². The molecule has 0 fully saturated rings. The van der Waals surface area contributed by atoms with Gasteiger partial charge in [-0.05, 0) is 34.5 Å². The Morgan fingerprint density at radius 2 is 2.24 bits per heavy atom. The zero-order valence-corrected chi connectivity index (χ0v) is 13.0. The molecule has 0 saturated heterocycles. The summed E-state index contributed by atoms with van der Waals surface area (Å²) < 4.78 is 14.8. The van der Waals surface area contributed by atoms with E-state index in [4.69, 9.17) is 0 Å². The van der Waals surface area contributed by atoms with Crippen LogP contribution in [0.1, 0.15) is 19.4 Å². The van der Waals surface area contributed by atoms with E-state index in [0.717, 1.165) is 23.8 Å². The second-order valence-corrected chi connectivity index (χ2v) is 6.03. The van der Waals surface area contributed by atoms with Crippen molar-refractivity contribution in [2.75, 3.05) is 13.1 Å². The summed E-state index contributed by atoms with van der Waals surface area (Å²) in [6.45, 7) is 6.83. The number of halogens is 1. The van der Waals surface area contributed by atoms with E-state index in [1.807, 2.05) is 0 Å². The lowest BCUT2D eigenvalue weighted by Crippen LogP contribution is -2.24. The van der Waals surface area contributed by atoms with E-state index in [2.05, 4.69) is 39.7 Å². The third-order valence-corrected chi connectivity index (χ3v) is 3.71. The molecule has 0 unspecified atom stereocenters. The maximum absolute atomic E-state index is 13.1. The highest BCUT2D eigenvalue weighted by Crippen LogP contribution is 2.19. The minimum atomic E-state index is -0.328. The predicted octanol–water partition coefficient (Wildman–Crippen LogP) is 1.75. The molecule has 2 rings (SSSR count). The Bertz CT molecular complexity index is 559. The zero-order chi connectivity index (χ0) is 15.1. The standard InChI is InChI=1S/C13H19FN6S/c1-10(2)6-15-3-4-20-13(17-18-19-20)21-9-11-5-12(14)8-16-7-11/h5,7-8,10,15H,3-4,6,9H2,1-2H3. The van der Waals surface area contributed by atoms with E-state index in [9.17, 15) is 4.39 Å². The van der Waals surface area contributed by atoms with Crippen LogP contribution in [-0.4, -0.2) is 38.3 Å². The minimum absolute atomic E-state index is 0.328. The van der Waals surface area contributed by atoms with Crippen molar-refractivity contribution >= 4 is 11.8 Å². The molecule has 6 nitrogen and oxygen atoms in total. The maximum atomic E-state index is 13.1. The molecule has 2 aromatic heterocycles. The van der Waals surface area contributed by atoms with Crippen molar-refractivity contribution in [3.63, 3.8) is 0 Å². The molecule has 0 atom stereocenters. The van der Waals surface area contributed by atoms with Crippen LogP contribution in [0.4, 0.5) is 4.39 Å². The van der Waals surface area contributed by atoms with E-state index in [0.29, 0.717) is 18.2 Å². The Hall–Kier alpha value is -1.54. The first-order valence-corrected chi connectivity index (χ1v) is 7.83. The van der Waals surface area contributed by atoms with E-state index >= 15 is 0 Å². The average molecular weight is 310 g/mol. The van der Waals surface area contributed by atoms with E-state index in [1.165, 1.54) is 24.0 Å². The van der Waals surface area contributed by atoms with Crippen molar-refractivity contribution in [2.24, 2.45) is 5.92 Å². The van der Waals surface area contributed by atoms with E-state index < -0.39 is 0 Å². The van der Waals surface area contributed by atoms with Gasteiger partial charge in [-0.1, -0.05) is 25.6 Å². The van der Waals surface area contributed by atoms with Crippen LogP contribution in [0.2, 0.25) is 0 Å². The molecular formula is C13H19FN6S. The van der Waals surface area contributed by atoms with Crippen LogP contribution in [-0.2, 0) is 12.3 Å². The number of nitrogens with one attached hydrogen (secondary N) is 1. The summed E-state index contributed by atoms with van der Waals surface area (Å²) >= 11 is 1.47. The first kappa shape index (κ1) is 15.8. The monoisotopic (exact) mass is 310 g/mol. The molecule has 0 spiro atoms. The fourth-order valence-corrected chi connectivity index (χ4v) is 2.52. The van der Waals surface area contributed by atoms with Crippen LogP contribution in [0, 0.1) is 11.7 Å². The van der Waals surface area contributed by atoms with Gasteiger partial charge in [-0.15, -0.1) is 5.10 Å². The second kappa shape index (κ2) is 8.04. The molecule has 0 aliphatic carbocycles. The highest BCUT2D eigenvalue weighted by molar-refractivity contribution is 7.98. The van der Waals surface area contributed by atoms with Gasteiger partial charge >= 0.3 is 0 Å². The number of thioether (sulfide) groups is 1. The quantitative estimate of drug-likeness (QED) is 0.592. The summed E-state index contributed by atoms with van der Waals surface area (Å²) in [6.07, 6.45) is 2.84. The lowest BCUT2D eigenvalue weighted by atomic mass is 10.2. The summed E-state index contributed by atoms with van der Waals surface area (Å²) in [5.41, 5.74) is 0.812. The Balaban J connectivity index is 1.82. The number of rotatable bonds is 8. The molecular weight excluding hydrogens is 291 g/mol. The van der Waals surface area contributed by atoms with Crippen molar-refractivity contribution in [3.05, 3.63) is 29.8 Å². The molecule has 2 aromatic rings. The van der Waals surface area contributed by atoms with Gasteiger partial charge < -0.3 is 5.32 Å². The van der Waals surface area contributed by atoms with Gasteiger partial charge in [0.1, 0.15) is 5.82 Å². The lowest BCUT2D eigenvalue weighted by molar-refractivity contribution is 0.482. The van der Waals surface area contributed by atoms with Gasteiger partial charge in [0.15, 0.2) is 0 Å². The van der Waals surface area contributed by atoms with Crippen molar-refractivity contribution in [2.45, 2.75) is 31.3 Å². The highest BCUT2D eigenvalue weighted by atomic mass is 32.2. The topological polar surface area (TPSA) is 68.5 Å². The Kier molecular flexibility index (Phi) is 6.06. The molecule has 0 aromatic carbocycles. The van der Waals surface area contributed by atoms with Crippen molar-refractivity contribution in [3.8, 4) is 0 Å². The number of pyridine rings is 1. The number of hydrogen-bond acceptors (Lipinski definition) is 6. The predicted molar refractivity (Wildman–Crippen MR) is 79.3 cm³/mol. The van der Waals surface area contributed by atoms with Gasteiger partial charge in [0.05, 0.1) is 12.7 Å². The Labute approximate surface area is 127 Å². The number of hydrogen-bond donors (Lipinski definition) is 1. The molecule has 0 radical (unpaired) electrons. The smallest absolute Gasteiger partial charge is 0.209 e. The van der Waals surface area contributed by atoms with Gasteiger partial charge in [0.2, 0.25) is 5.16 Å². The third kappa shape index (κ3) is 5.39. The molecule has 0 aliphatic heterocycles. The highest BCUT2D eigenvalue weighted by Gasteiger charge is 2.07. The largest absolute Gasteiger partial charge is 0.315 e. The van der Waals surface area contributed by atoms with Crippen LogP contribution in [0.5, 0.6) is 0 Å². The summed E-state index contributed by atoms with van der Waals surface area (Å²) in [6, 6.07) is 1.47. The Morgan fingerprint density at radius 1 is 1.38 bits per heavy atom. The summed E-state index contributed by atoms with van der Waals surface area (Å²) in [5.74, 6) is 0.878. The fraction of sp³-hybridized carbons (Fsp3) is 0.538. The molecule has 0 bridgehead atoms. The van der Waals surface area contributed by atoms with Crippen LogP contribution in [0.15, 0.2) is 23.6 Å². The second-order valence-electron chi connectivity index (χ2n) is 5.08.